The van der Waals surface area contributed by atoms with E-state index in [1.165, 1.54) is 0 Å². The number of imidazole rings is 1. The summed E-state index contributed by atoms with van der Waals surface area (Å²) in [5.74, 6) is 0.658. The highest BCUT2D eigenvalue weighted by atomic mass is 16.3. The molecule has 0 atom stereocenters. The van der Waals surface area contributed by atoms with Gasteiger partial charge in [0.2, 0.25) is 0 Å². The molecule has 0 N–H and O–H groups in total. The van der Waals surface area contributed by atoms with Gasteiger partial charge in [0, 0.05) is 41.6 Å². The van der Waals surface area contributed by atoms with Crippen molar-refractivity contribution in [1.29, 1.82) is 0 Å². The van der Waals surface area contributed by atoms with Crippen molar-refractivity contribution in [1.82, 2.24) is 19.1 Å². The van der Waals surface area contributed by atoms with Gasteiger partial charge in [-0.2, -0.15) is 0 Å². The summed E-state index contributed by atoms with van der Waals surface area (Å²) in [4.78, 5) is 22.9. The van der Waals surface area contributed by atoms with E-state index in [4.69, 9.17) is 14.4 Å². The topological polar surface area (TPSA) is 65.8 Å². The molecule has 262 valence electrons. The molecular formula is C49H34N4O2. The standard InChI is InChI=1S/C49H34N4O2/c1-52-44-23-21-36(29-45(44)53(2)49(52)54)32-17-19-33(20-18-32)42-30-43(51-48(50-42)34-13-7-4-8-14-34)39-26-37(31-11-5-3-6-12-31)25-38(27-39)35-22-24-47-41(28-35)40-15-9-10-16-46(40)55-47/h3-30H,1-2H3. The van der Waals surface area contributed by atoms with E-state index in [0.717, 1.165) is 94.4 Å². The third-order valence-electron chi connectivity index (χ3n) is 10.6. The molecule has 0 spiro atoms. The number of aryl methyl sites for hydroxylation is 2. The molecular weight excluding hydrogens is 677 g/mol. The van der Waals surface area contributed by atoms with Crippen molar-refractivity contribution in [3.8, 4) is 67.3 Å². The van der Waals surface area contributed by atoms with Gasteiger partial charge in [0.25, 0.3) is 0 Å². The minimum Gasteiger partial charge on any atom is -0.456 e. The van der Waals surface area contributed by atoms with Crippen LogP contribution < -0.4 is 5.69 Å². The fraction of sp³-hybridized carbons (Fsp3) is 0.0408. The maximum atomic E-state index is 12.6. The van der Waals surface area contributed by atoms with Gasteiger partial charge in [0.1, 0.15) is 11.2 Å². The Hall–Kier alpha value is -7.31. The second kappa shape index (κ2) is 13.0. The molecule has 6 nitrogen and oxygen atoms in total. The van der Waals surface area contributed by atoms with Crippen LogP contribution in [-0.4, -0.2) is 19.1 Å². The summed E-state index contributed by atoms with van der Waals surface area (Å²) in [6.07, 6.45) is 0. The number of aromatic nitrogens is 4. The van der Waals surface area contributed by atoms with Crippen molar-refractivity contribution in [2.45, 2.75) is 0 Å². The van der Waals surface area contributed by atoms with Gasteiger partial charge in [-0.15, -0.1) is 0 Å². The largest absolute Gasteiger partial charge is 0.456 e. The number of furan rings is 1. The first-order chi connectivity index (χ1) is 27.0. The zero-order valence-corrected chi connectivity index (χ0v) is 30.3. The SMILES string of the molecule is Cn1c(=O)n(C)c2cc(-c3ccc(-c4cc(-c5cc(-c6ccccc6)cc(-c6ccc7oc8ccccc8c7c6)c5)nc(-c5ccccc5)n4)cc3)ccc21. The molecule has 3 aromatic heterocycles. The highest BCUT2D eigenvalue weighted by Crippen LogP contribution is 2.37. The van der Waals surface area contributed by atoms with Crippen molar-refractivity contribution < 1.29 is 4.42 Å². The number of rotatable bonds is 6. The van der Waals surface area contributed by atoms with Crippen LogP contribution in [0.4, 0.5) is 0 Å². The average molecular weight is 711 g/mol. The Morgan fingerprint density at radius 2 is 0.927 bits per heavy atom. The zero-order chi connectivity index (χ0) is 37.0. The van der Waals surface area contributed by atoms with E-state index in [9.17, 15) is 4.79 Å². The fourth-order valence-corrected chi connectivity index (χ4v) is 7.62. The Morgan fingerprint density at radius 3 is 1.69 bits per heavy atom. The minimum absolute atomic E-state index is 0.0367. The van der Waals surface area contributed by atoms with Crippen molar-refractivity contribution in [3.05, 3.63) is 180 Å². The summed E-state index contributed by atoms with van der Waals surface area (Å²) < 4.78 is 9.54. The van der Waals surface area contributed by atoms with Crippen LogP contribution in [0.15, 0.2) is 179 Å². The summed E-state index contributed by atoms with van der Waals surface area (Å²) in [5.41, 5.74) is 14.6. The number of hydrogen-bond acceptors (Lipinski definition) is 4. The lowest BCUT2D eigenvalue weighted by molar-refractivity contribution is 0.669. The lowest BCUT2D eigenvalue weighted by Crippen LogP contribution is -2.19. The third-order valence-corrected chi connectivity index (χ3v) is 10.6. The molecule has 6 heteroatoms. The quantitative estimate of drug-likeness (QED) is 0.172. The molecule has 0 bridgehead atoms. The summed E-state index contributed by atoms with van der Waals surface area (Å²) in [5, 5.41) is 2.19. The van der Waals surface area contributed by atoms with E-state index in [1.807, 2.05) is 49.5 Å². The molecule has 7 aromatic carbocycles. The number of nitrogens with zero attached hydrogens (tertiary/aromatic N) is 4. The average Bonchev–Trinajstić information content (AvgIpc) is 3.73. The summed E-state index contributed by atoms with van der Waals surface area (Å²) in [7, 11) is 3.62. The van der Waals surface area contributed by atoms with Gasteiger partial charge >= 0.3 is 5.69 Å². The third kappa shape index (κ3) is 5.72. The van der Waals surface area contributed by atoms with Crippen LogP contribution >= 0.6 is 0 Å². The molecule has 0 aliphatic carbocycles. The van der Waals surface area contributed by atoms with Crippen LogP contribution in [0.1, 0.15) is 0 Å². The van der Waals surface area contributed by atoms with Crippen molar-refractivity contribution in [3.63, 3.8) is 0 Å². The van der Waals surface area contributed by atoms with Gasteiger partial charge in [-0.05, 0) is 88.0 Å². The second-order valence-corrected chi connectivity index (χ2v) is 14.0. The lowest BCUT2D eigenvalue weighted by Gasteiger charge is -2.13. The molecule has 0 radical (unpaired) electrons. The van der Waals surface area contributed by atoms with E-state index >= 15 is 0 Å². The molecule has 0 saturated carbocycles. The van der Waals surface area contributed by atoms with Crippen LogP contribution in [0, 0.1) is 0 Å². The molecule has 10 rings (SSSR count). The summed E-state index contributed by atoms with van der Waals surface area (Å²) in [6.45, 7) is 0. The summed E-state index contributed by atoms with van der Waals surface area (Å²) in [6, 6.07) is 58.7. The Balaban J connectivity index is 1.11. The first kappa shape index (κ1) is 32.3. The van der Waals surface area contributed by atoms with Crippen LogP contribution in [-0.2, 0) is 14.1 Å². The number of benzene rings is 7. The van der Waals surface area contributed by atoms with E-state index < -0.39 is 0 Å². The van der Waals surface area contributed by atoms with Gasteiger partial charge in [-0.25, -0.2) is 14.8 Å². The van der Waals surface area contributed by atoms with Gasteiger partial charge in [0.05, 0.1) is 22.4 Å². The minimum atomic E-state index is -0.0367. The van der Waals surface area contributed by atoms with Crippen molar-refractivity contribution in [2.75, 3.05) is 0 Å². The molecule has 55 heavy (non-hydrogen) atoms. The van der Waals surface area contributed by atoms with Crippen LogP contribution in [0.25, 0.3) is 100 Å². The van der Waals surface area contributed by atoms with Gasteiger partial charge < -0.3 is 4.42 Å². The van der Waals surface area contributed by atoms with Crippen LogP contribution in [0.3, 0.4) is 0 Å². The highest BCUT2D eigenvalue weighted by molar-refractivity contribution is 6.06. The van der Waals surface area contributed by atoms with Crippen LogP contribution in [0.5, 0.6) is 0 Å². The lowest BCUT2D eigenvalue weighted by atomic mass is 9.94. The number of para-hydroxylation sites is 1. The van der Waals surface area contributed by atoms with Gasteiger partial charge in [-0.3, -0.25) is 9.13 Å². The monoisotopic (exact) mass is 710 g/mol. The smallest absolute Gasteiger partial charge is 0.328 e. The first-order valence-corrected chi connectivity index (χ1v) is 18.3. The Labute approximate surface area is 317 Å². The van der Waals surface area contributed by atoms with Crippen molar-refractivity contribution >= 4 is 33.0 Å². The van der Waals surface area contributed by atoms with Crippen molar-refractivity contribution in [2.24, 2.45) is 14.1 Å². The Kier molecular flexibility index (Phi) is 7.63. The van der Waals surface area contributed by atoms with E-state index in [-0.39, 0.29) is 5.69 Å². The Morgan fingerprint density at radius 1 is 0.400 bits per heavy atom. The molecule has 3 heterocycles. The molecule has 0 saturated heterocycles. The van der Waals surface area contributed by atoms with Gasteiger partial charge in [-0.1, -0.05) is 115 Å². The fourth-order valence-electron chi connectivity index (χ4n) is 7.62. The first-order valence-electron chi connectivity index (χ1n) is 18.3. The predicted octanol–water partition coefficient (Wildman–Crippen LogP) is 11.6. The maximum Gasteiger partial charge on any atom is 0.328 e. The normalized spacial score (nSPS) is 11.5. The number of hydrogen-bond donors (Lipinski definition) is 0. The molecule has 0 aliphatic heterocycles. The number of fused-ring (bicyclic) bond motifs is 4. The van der Waals surface area contributed by atoms with Gasteiger partial charge in [0.15, 0.2) is 5.82 Å². The Bertz CT molecular complexity index is 3120. The van der Waals surface area contributed by atoms with E-state index in [1.54, 1.807) is 16.2 Å². The zero-order valence-electron chi connectivity index (χ0n) is 30.3. The molecule has 0 unspecified atom stereocenters. The maximum absolute atomic E-state index is 12.6. The van der Waals surface area contributed by atoms with Crippen LogP contribution in [0.2, 0.25) is 0 Å². The molecule has 0 amide bonds. The highest BCUT2D eigenvalue weighted by Gasteiger charge is 2.16. The second-order valence-electron chi connectivity index (χ2n) is 14.0. The molecule has 0 fully saturated rings. The van der Waals surface area contributed by atoms with E-state index in [2.05, 4.69) is 127 Å². The molecule has 0 aliphatic rings. The van der Waals surface area contributed by atoms with E-state index in [0.29, 0.717) is 5.82 Å². The predicted molar refractivity (Wildman–Crippen MR) is 224 cm³/mol. The summed E-state index contributed by atoms with van der Waals surface area (Å²) >= 11 is 0. The molecule has 10 aromatic rings.